The molecule has 0 unspecified atom stereocenters. The van der Waals surface area contributed by atoms with Crippen LogP contribution in [0.4, 0.5) is 0 Å². The first-order chi connectivity index (χ1) is 10.6. The van der Waals surface area contributed by atoms with Crippen molar-refractivity contribution < 1.29 is 14.3 Å². The Kier molecular flexibility index (Phi) is 5.88. The van der Waals surface area contributed by atoms with Crippen molar-refractivity contribution in [1.82, 2.24) is 10.3 Å². The van der Waals surface area contributed by atoms with E-state index in [1.54, 1.807) is 18.2 Å². The lowest BCUT2D eigenvalue weighted by molar-refractivity contribution is -0.142. The molecule has 0 saturated heterocycles. The Balaban J connectivity index is 2.13. The molecule has 1 atom stereocenters. The van der Waals surface area contributed by atoms with E-state index in [1.807, 2.05) is 24.3 Å². The fourth-order valence-electron chi connectivity index (χ4n) is 1.96. The number of amides is 1. The summed E-state index contributed by atoms with van der Waals surface area (Å²) in [5, 5.41) is 2.67. The highest BCUT2D eigenvalue weighted by molar-refractivity contribution is 14.1. The van der Waals surface area contributed by atoms with Gasteiger partial charge in [-0.25, -0.2) is 4.79 Å². The molecule has 114 valence electrons. The second kappa shape index (κ2) is 7.88. The van der Waals surface area contributed by atoms with E-state index in [2.05, 4.69) is 32.9 Å². The largest absolute Gasteiger partial charge is 0.467 e. The van der Waals surface area contributed by atoms with Gasteiger partial charge in [-0.2, -0.15) is 0 Å². The third kappa shape index (κ3) is 4.52. The number of carbonyl (C=O) groups excluding carboxylic acids is 2. The fourth-order valence-corrected chi connectivity index (χ4v) is 2.57. The molecular formula is C16H15IN2O3. The summed E-state index contributed by atoms with van der Waals surface area (Å²) >= 11 is 2.20. The van der Waals surface area contributed by atoms with Crippen molar-refractivity contribution >= 4 is 34.5 Å². The number of hydrogen-bond donors (Lipinski definition) is 1. The van der Waals surface area contributed by atoms with E-state index in [4.69, 9.17) is 4.74 Å². The molecule has 0 aliphatic rings. The van der Waals surface area contributed by atoms with Gasteiger partial charge in [0.05, 0.1) is 7.11 Å². The van der Waals surface area contributed by atoms with Crippen molar-refractivity contribution in [2.75, 3.05) is 7.11 Å². The van der Waals surface area contributed by atoms with E-state index in [0.29, 0.717) is 6.42 Å². The number of nitrogens with zero attached hydrogens (tertiary/aromatic N) is 1. The van der Waals surface area contributed by atoms with Crippen LogP contribution in [0.1, 0.15) is 16.1 Å². The van der Waals surface area contributed by atoms with Crippen LogP contribution >= 0.6 is 22.6 Å². The summed E-state index contributed by atoms with van der Waals surface area (Å²) in [6, 6.07) is 12.0. The highest BCUT2D eigenvalue weighted by Crippen LogP contribution is 2.11. The number of ether oxygens (including phenoxy) is 1. The molecule has 0 aliphatic heterocycles. The summed E-state index contributed by atoms with van der Waals surface area (Å²) in [5.74, 6) is -0.884. The van der Waals surface area contributed by atoms with Crippen LogP contribution in [-0.4, -0.2) is 30.0 Å². The zero-order valence-corrected chi connectivity index (χ0v) is 14.1. The van der Waals surface area contributed by atoms with E-state index in [9.17, 15) is 9.59 Å². The fraction of sp³-hybridized carbons (Fsp3) is 0.188. The van der Waals surface area contributed by atoms with E-state index in [-0.39, 0.29) is 5.69 Å². The van der Waals surface area contributed by atoms with Crippen molar-refractivity contribution in [3.05, 3.63) is 63.5 Å². The van der Waals surface area contributed by atoms with E-state index < -0.39 is 17.9 Å². The topological polar surface area (TPSA) is 68.3 Å². The maximum atomic E-state index is 12.1. The molecule has 0 bridgehead atoms. The number of benzene rings is 1. The van der Waals surface area contributed by atoms with Gasteiger partial charge < -0.3 is 10.1 Å². The first kappa shape index (κ1) is 16.4. The Bertz CT molecular complexity index is 661. The highest BCUT2D eigenvalue weighted by atomic mass is 127. The number of esters is 1. The number of halogens is 1. The van der Waals surface area contributed by atoms with Gasteiger partial charge in [0.1, 0.15) is 11.7 Å². The van der Waals surface area contributed by atoms with Crippen LogP contribution in [0.2, 0.25) is 0 Å². The number of carbonyl (C=O) groups is 2. The monoisotopic (exact) mass is 410 g/mol. The molecule has 1 N–H and O–H groups in total. The average Bonchev–Trinajstić information content (AvgIpc) is 2.54. The first-order valence-electron chi connectivity index (χ1n) is 6.64. The summed E-state index contributed by atoms with van der Waals surface area (Å²) in [6.07, 6.45) is 1.89. The van der Waals surface area contributed by atoms with E-state index in [0.717, 1.165) is 9.13 Å². The lowest BCUT2D eigenvalue weighted by atomic mass is 10.1. The minimum Gasteiger partial charge on any atom is -0.467 e. The molecule has 2 aromatic rings. The van der Waals surface area contributed by atoms with Crippen molar-refractivity contribution in [1.29, 1.82) is 0 Å². The van der Waals surface area contributed by atoms with Gasteiger partial charge in [0, 0.05) is 16.2 Å². The van der Waals surface area contributed by atoms with Crippen molar-refractivity contribution in [3.8, 4) is 0 Å². The molecule has 5 nitrogen and oxygen atoms in total. The molecule has 1 aromatic carbocycles. The first-order valence-corrected chi connectivity index (χ1v) is 7.72. The van der Waals surface area contributed by atoms with Crippen molar-refractivity contribution in [3.63, 3.8) is 0 Å². The summed E-state index contributed by atoms with van der Waals surface area (Å²) in [6.45, 7) is 0. The quantitative estimate of drug-likeness (QED) is 0.607. The van der Waals surface area contributed by atoms with Crippen LogP contribution in [0.15, 0.2) is 48.7 Å². The second-order valence-electron chi connectivity index (χ2n) is 4.60. The van der Waals surface area contributed by atoms with E-state index >= 15 is 0 Å². The summed E-state index contributed by atoms with van der Waals surface area (Å²) in [4.78, 5) is 28.0. The third-order valence-electron chi connectivity index (χ3n) is 3.02. The third-order valence-corrected chi connectivity index (χ3v) is 3.69. The predicted molar refractivity (Wildman–Crippen MR) is 90.4 cm³/mol. The van der Waals surface area contributed by atoms with Crippen LogP contribution < -0.4 is 5.32 Å². The van der Waals surface area contributed by atoms with Crippen LogP contribution in [-0.2, 0) is 16.0 Å². The van der Waals surface area contributed by atoms with Gasteiger partial charge in [-0.05, 0) is 52.4 Å². The molecule has 2 rings (SSSR count). The van der Waals surface area contributed by atoms with Gasteiger partial charge in [0.2, 0.25) is 0 Å². The Morgan fingerprint density at radius 2 is 2.09 bits per heavy atom. The number of rotatable bonds is 5. The van der Waals surface area contributed by atoms with Crippen LogP contribution in [0, 0.1) is 3.57 Å². The zero-order chi connectivity index (χ0) is 15.9. The molecule has 6 heteroatoms. The summed E-state index contributed by atoms with van der Waals surface area (Å²) in [5.41, 5.74) is 1.21. The Morgan fingerprint density at radius 1 is 1.27 bits per heavy atom. The van der Waals surface area contributed by atoms with Crippen molar-refractivity contribution in [2.24, 2.45) is 0 Å². The summed E-state index contributed by atoms with van der Waals surface area (Å²) in [7, 11) is 1.30. The maximum Gasteiger partial charge on any atom is 0.328 e. The number of nitrogens with one attached hydrogen (secondary N) is 1. The van der Waals surface area contributed by atoms with Crippen LogP contribution in [0.3, 0.4) is 0 Å². The molecule has 0 saturated carbocycles. The van der Waals surface area contributed by atoms with Crippen molar-refractivity contribution in [2.45, 2.75) is 12.5 Å². The Labute approximate surface area is 142 Å². The molecule has 0 spiro atoms. The van der Waals surface area contributed by atoms with Gasteiger partial charge in [0.15, 0.2) is 0 Å². The molecular weight excluding hydrogens is 395 g/mol. The van der Waals surface area contributed by atoms with Gasteiger partial charge in [-0.3, -0.25) is 9.78 Å². The molecule has 0 radical (unpaired) electrons. The van der Waals surface area contributed by atoms with Gasteiger partial charge >= 0.3 is 5.97 Å². The van der Waals surface area contributed by atoms with Gasteiger partial charge in [-0.15, -0.1) is 0 Å². The smallest absolute Gasteiger partial charge is 0.328 e. The molecule has 1 aromatic heterocycles. The number of methoxy groups -OCH3 is 1. The van der Waals surface area contributed by atoms with Crippen LogP contribution in [0.25, 0.3) is 0 Å². The minimum absolute atomic E-state index is 0.263. The number of pyridine rings is 1. The lowest BCUT2D eigenvalue weighted by Crippen LogP contribution is -2.43. The Hall–Kier alpha value is -1.96. The number of hydrogen-bond acceptors (Lipinski definition) is 4. The average molecular weight is 410 g/mol. The summed E-state index contributed by atoms with van der Waals surface area (Å²) < 4.78 is 5.84. The maximum absolute atomic E-state index is 12.1. The standard InChI is InChI=1S/C16H15IN2O3/c1-22-16(21)14(10-11-5-4-6-12(17)9-11)19-15(20)13-7-2-3-8-18-13/h2-9,14H,10H2,1H3,(H,19,20)/t14-/m1/s1. The van der Waals surface area contributed by atoms with E-state index in [1.165, 1.54) is 13.3 Å². The lowest BCUT2D eigenvalue weighted by Gasteiger charge is -2.16. The normalized spacial score (nSPS) is 11.5. The van der Waals surface area contributed by atoms with Gasteiger partial charge in [-0.1, -0.05) is 18.2 Å². The Morgan fingerprint density at radius 3 is 2.73 bits per heavy atom. The minimum atomic E-state index is -0.752. The molecule has 1 heterocycles. The number of aromatic nitrogens is 1. The molecule has 22 heavy (non-hydrogen) atoms. The van der Waals surface area contributed by atoms with Gasteiger partial charge in [0.25, 0.3) is 5.91 Å². The zero-order valence-electron chi connectivity index (χ0n) is 12.0. The highest BCUT2D eigenvalue weighted by Gasteiger charge is 2.23. The van der Waals surface area contributed by atoms with Crippen LogP contribution in [0.5, 0.6) is 0 Å². The molecule has 0 fully saturated rings. The molecule has 0 aliphatic carbocycles. The predicted octanol–water partition coefficient (Wildman–Crippen LogP) is 2.20. The SMILES string of the molecule is COC(=O)[C@@H](Cc1cccc(I)c1)NC(=O)c1ccccn1. The molecule has 1 amide bonds. The second-order valence-corrected chi connectivity index (χ2v) is 5.84.